The minimum Gasteiger partial charge on any atom is -0.391 e. The molecule has 5 N–H and O–H groups in total. The van der Waals surface area contributed by atoms with Crippen LogP contribution in [0, 0.1) is 0 Å². The Morgan fingerprint density at radius 1 is 1.13 bits per heavy atom. The Labute approximate surface area is 88.6 Å². The van der Waals surface area contributed by atoms with Gasteiger partial charge in [-0.15, -0.1) is 0 Å². The average Bonchev–Trinajstić information content (AvgIpc) is 2.15. The van der Waals surface area contributed by atoms with Crippen LogP contribution in [0.2, 0.25) is 0 Å². The maximum atomic E-state index is 9.70. The number of rotatable bonds is 3. The smallest absolute Gasteiger partial charge is 0.141 e. The van der Waals surface area contributed by atoms with Gasteiger partial charge >= 0.3 is 0 Å². The number of hydrogen-bond acceptors (Lipinski definition) is 5. The summed E-state index contributed by atoms with van der Waals surface area (Å²) in [5.74, 6) is 0. The summed E-state index contributed by atoms with van der Waals surface area (Å²) < 4.78 is 0.159. The van der Waals surface area contributed by atoms with E-state index >= 15 is 0 Å². The van der Waals surface area contributed by atoms with Gasteiger partial charge in [-0.3, -0.25) is 0 Å². The van der Waals surface area contributed by atoms with Crippen LogP contribution in [-0.4, -0.2) is 87.7 Å². The van der Waals surface area contributed by atoms with E-state index < -0.39 is 24.4 Å². The molecule has 0 spiro atoms. The first-order valence-electron chi connectivity index (χ1n) is 5.06. The predicted molar refractivity (Wildman–Crippen MR) is 51.9 cm³/mol. The summed E-state index contributed by atoms with van der Waals surface area (Å²) in [6.07, 6.45) is -3.43. The first kappa shape index (κ1) is 12.8. The van der Waals surface area contributed by atoms with E-state index in [4.69, 9.17) is 5.11 Å². The zero-order valence-corrected chi connectivity index (χ0v) is 8.82. The molecule has 0 aliphatic carbocycles. The van der Waals surface area contributed by atoms with Crippen molar-refractivity contribution < 1.29 is 30.0 Å². The molecule has 0 aromatic rings. The molecule has 5 atom stereocenters. The lowest BCUT2D eigenvalue weighted by Crippen LogP contribution is -2.71. The van der Waals surface area contributed by atoms with Crippen LogP contribution < -0.4 is 0 Å². The van der Waals surface area contributed by atoms with E-state index in [9.17, 15) is 20.4 Å². The first-order chi connectivity index (χ1) is 6.96. The van der Waals surface area contributed by atoms with Crippen molar-refractivity contribution in [3.8, 4) is 0 Å². The first-order valence-corrected chi connectivity index (χ1v) is 5.06. The van der Waals surface area contributed by atoms with Gasteiger partial charge in [0.15, 0.2) is 0 Å². The molecule has 0 aromatic carbocycles. The van der Waals surface area contributed by atoms with E-state index in [1.54, 1.807) is 7.05 Å². The second-order valence-electron chi connectivity index (χ2n) is 4.41. The summed E-state index contributed by atoms with van der Waals surface area (Å²) in [4.78, 5) is 0. The number of quaternary nitrogens is 1. The molecule has 0 radical (unpaired) electrons. The number of hydrogen-bond donors (Lipinski definition) is 5. The average molecular weight is 222 g/mol. The van der Waals surface area contributed by atoms with Crippen LogP contribution in [0.25, 0.3) is 0 Å². The highest BCUT2D eigenvalue weighted by atomic mass is 16.4. The molecular weight excluding hydrogens is 202 g/mol. The summed E-state index contributed by atoms with van der Waals surface area (Å²) in [7, 11) is 1.73. The van der Waals surface area contributed by atoms with Gasteiger partial charge in [0.25, 0.3) is 0 Å². The van der Waals surface area contributed by atoms with Crippen molar-refractivity contribution in [1.82, 2.24) is 0 Å². The second kappa shape index (κ2) is 4.73. The number of likely N-dealkylation sites (tertiary alicyclic amines) is 1. The van der Waals surface area contributed by atoms with Gasteiger partial charge in [0.1, 0.15) is 37.4 Å². The fraction of sp³-hybridized carbons (Fsp3) is 1.00. The van der Waals surface area contributed by atoms with Gasteiger partial charge < -0.3 is 30.0 Å². The molecule has 0 bridgehead atoms. The molecule has 1 unspecified atom stereocenters. The third-order valence-corrected chi connectivity index (χ3v) is 3.34. The van der Waals surface area contributed by atoms with Crippen molar-refractivity contribution in [1.29, 1.82) is 0 Å². The van der Waals surface area contributed by atoms with Gasteiger partial charge in [-0.1, -0.05) is 0 Å². The van der Waals surface area contributed by atoms with E-state index in [-0.39, 0.29) is 24.2 Å². The van der Waals surface area contributed by atoms with Gasteiger partial charge in [-0.2, -0.15) is 0 Å². The summed E-state index contributed by atoms with van der Waals surface area (Å²) in [6, 6.07) is -0.574. The zero-order chi connectivity index (χ0) is 11.6. The van der Waals surface area contributed by atoms with E-state index in [1.165, 1.54) is 0 Å². The van der Waals surface area contributed by atoms with Crippen LogP contribution in [0.4, 0.5) is 0 Å². The summed E-state index contributed by atoms with van der Waals surface area (Å²) in [5.41, 5.74) is 0. The SMILES string of the molecule is C[N+]1(CCO)C[C@@H](O)[C@@H](O)[C@H](O)[C@H]1CO. The van der Waals surface area contributed by atoms with E-state index in [0.29, 0.717) is 6.54 Å². The Hall–Kier alpha value is -0.240. The van der Waals surface area contributed by atoms with Crippen molar-refractivity contribution in [3.05, 3.63) is 0 Å². The van der Waals surface area contributed by atoms with Crippen molar-refractivity contribution in [2.45, 2.75) is 24.4 Å². The van der Waals surface area contributed by atoms with Gasteiger partial charge in [-0.05, 0) is 0 Å². The molecule has 1 rings (SSSR count). The number of aliphatic hydroxyl groups excluding tert-OH is 5. The third kappa shape index (κ3) is 2.30. The topological polar surface area (TPSA) is 101 Å². The van der Waals surface area contributed by atoms with Crippen LogP contribution in [0.5, 0.6) is 0 Å². The number of likely N-dealkylation sites (N-methyl/N-ethyl adjacent to an activating group) is 1. The summed E-state index contributed by atoms with van der Waals surface area (Å²) >= 11 is 0. The maximum absolute atomic E-state index is 9.70. The Bertz CT molecular complexity index is 215. The lowest BCUT2D eigenvalue weighted by Gasteiger charge is -2.49. The largest absolute Gasteiger partial charge is 0.391 e. The fourth-order valence-corrected chi connectivity index (χ4v) is 2.29. The number of piperidine rings is 1. The fourth-order valence-electron chi connectivity index (χ4n) is 2.29. The standard InChI is InChI=1S/C9H20NO5/c1-10(2-3-11)4-7(13)9(15)8(14)6(10)5-12/h6-9,11-15H,2-5H2,1H3/q+1/t6-,7-,8-,9-,10?/m1/s1. The number of nitrogens with zero attached hydrogens (tertiary/aromatic N) is 1. The van der Waals surface area contributed by atoms with Crippen molar-refractivity contribution >= 4 is 0 Å². The normalized spacial score (nSPS) is 46.8. The highest BCUT2D eigenvalue weighted by Crippen LogP contribution is 2.24. The molecule has 0 saturated carbocycles. The Morgan fingerprint density at radius 2 is 1.73 bits per heavy atom. The van der Waals surface area contributed by atoms with Crippen LogP contribution >= 0.6 is 0 Å². The van der Waals surface area contributed by atoms with Gasteiger partial charge in [0, 0.05) is 0 Å². The lowest BCUT2D eigenvalue weighted by molar-refractivity contribution is -0.946. The minimum absolute atomic E-state index is 0.0947. The van der Waals surface area contributed by atoms with Crippen molar-refractivity contribution in [3.63, 3.8) is 0 Å². The predicted octanol–water partition coefficient (Wildman–Crippen LogP) is -3.12. The molecule has 1 saturated heterocycles. The van der Waals surface area contributed by atoms with Crippen molar-refractivity contribution in [2.24, 2.45) is 0 Å². The Kier molecular flexibility index (Phi) is 4.05. The molecule has 1 fully saturated rings. The van der Waals surface area contributed by atoms with E-state index in [2.05, 4.69) is 0 Å². The second-order valence-corrected chi connectivity index (χ2v) is 4.41. The molecule has 6 heteroatoms. The molecule has 1 aliphatic rings. The number of aliphatic hydroxyl groups is 5. The van der Waals surface area contributed by atoms with Gasteiger partial charge in [0.2, 0.25) is 0 Å². The highest BCUT2D eigenvalue weighted by Gasteiger charge is 2.49. The molecule has 90 valence electrons. The summed E-state index contributed by atoms with van der Waals surface area (Å²) in [6.45, 7) is 0.153. The molecule has 1 aliphatic heterocycles. The van der Waals surface area contributed by atoms with Crippen molar-refractivity contribution in [2.75, 3.05) is 33.4 Å². The van der Waals surface area contributed by atoms with Crippen LogP contribution in [0.3, 0.4) is 0 Å². The molecule has 0 aromatic heterocycles. The minimum atomic E-state index is -1.23. The molecule has 1 heterocycles. The molecule has 15 heavy (non-hydrogen) atoms. The zero-order valence-electron chi connectivity index (χ0n) is 8.82. The quantitative estimate of drug-likeness (QED) is 0.325. The maximum Gasteiger partial charge on any atom is 0.141 e. The molecular formula is C9H20NO5+. The molecule has 0 amide bonds. The summed E-state index contributed by atoms with van der Waals surface area (Å²) in [5, 5.41) is 46.8. The van der Waals surface area contributed by atoms with Gasteiger partial charge in [-0.25, -0.2) is 0 Å². The third-order valence-electron chi connectivity index (χ3n) is 3.34. The van der Waals surface area contributed by atoms with E-state index in [1.807, 2.05) is 0 Å². The monoisotopic (exact) mass is 222 g/mol. The lowest BCUT2D eigenvalue weighted by atomic mass is 9.92. The van der Waals surface area contributed by atoms with Crippen LogP contribution in [0.1, 0.15) is 0 Å². The van der Waals surface area contributed by atoms with E-state index in [0.717, 1.165) is 0 Å². The highest BCUT2D eigenvalue weighted by molar-refractivity contribution is 4.87. The molecule has 6 nitrogen and oxygen atoms in total. The Morgan fingerprint density at radius 3 is 2.20 bits per heavy atom. The van der Waals surface area contributed by atoms with Crippen LogP contribution in [-0.2, 0) is 0 Å². The van der Waals surface area contributed by atoms with Crippen LogP contribution in [0.15, 0.2) is 0 Å². The Balaban J connectivity index is 2.86. The van der Waals surface area contributed by atoms with Gasteiger partial charge in [0.05, 0.1) is 20.3 Å².